The molecule has 0 amide bonds. The van der Waals surface area contributed by atoms with Gasteiger partial charge in [-0.1, -0.05) is 6.07 Å². The van der Waals surface area contributed by atoms with Crippen molar-refractivity contribution in [2.45, 2.75) is 25.3 Å². The standard InChI is InChI=1S/C20H16F7N3O3S/c1-34(32,33)28-8-3-9-30-15-10-11(19(22,23)24)6-7-12(15)18(31)17(29-30)13-4-2-5-14(16(13)21)20(25,26)27/h2,4-7,10,28H,3,8-9H2,1H3. The van der Waals surface area contributed by atoms with Crippen molar-refractivity contribution in [3.63, 3.8) is 0 Å². The molecule has 0 saturated carbocycles. The third-order valence-electron chi connectivity index (χ3n) is 4.75. The Morgan fingerprint density at radius 3 is 2.29 bits per heavy atom. The summed E-state index contributed by atoms with van der Waals surface area (Å²) >= 11 is 0. The number of halogens is 7. The number of aromatic nitrogens is 2. The average molecular weight is 511 g/mol. The molecular weight excluding hydrogens is 495 g/mol. The lowest BCUT2D eigenvalue weighted by atomic mass is 10.0. The van der Waals surface area contributed by atoms with E-state index in [9.17, 15) is 43.9 Å². The summed E-state index contributed by atoms with van der Waals surface area (Å²) < 4.78 is 119. The summed E-state index contributed by atoms with van der Waals surface area (Å²) in [6.07, 6.45) is -8.93. The van der Waals surface area contributed by atoms with Crippen molar-refractivity contribution in [1.29, 1.82) is 0 Å². The molecular formula is C20H16F7N3O3S. The van der Waals surface area contributed by atoms with E-state index < -0.39 is 56.0 Å². The summed E-state index contributed by atoms with van der Waals surface area (Å²) in [4.78, 5) is 12.9. The van der Waals surface area contributed by atoms with Gasteiger partial charge >= 0.3 is 12.4 Å². The third kappa shape index (κ3) is 5.55. The molecule has 0 bridgehead atoms. The summed E-state index contributed by atoms with van der Waals surface area (Å²) in [5, 5.41) is 3.54. The number of hydrogen-bond acceptors (Lipinski definition) is 4. The monoisotopic (exact) mass is 511 g/mol. The van der Waals surface area contributed by atoms with Crippen molar-refractivity contribution in [3.05, 3.63) is 63.6 Å². The molecule has 1 N–H and O–H groups in total. The van der Waals surface area contributed by atoms with Gasteiger partial charge in [0.15, 0.2) is 0 Å². The minimum Gasteiger partial charge on any atom is -0.287 e. The highest BCUT2D eigenvalue weighted by molar-refractivity contribution is 7.88. The average Bonchev–Trinajstić information content (AvgIpc) is 2.70. The Labute approximate surface area is 188 Å². The fourth-order valence-electron chi connectivity index (χ4n) is 3.23. The molecule has 0 fully saturated rings. The van der Waals surface area contributed by atoms with Crippen LogP contribution in [-0.4, -0.2) is 31.0 Å². The molecule has 184 valence electrons. The van der Waals surface area contributed by atoms with E-state index in [1.807, 2.05) is 0 Å². The van der Waals surface area contributed by atoms with E-state index >= 15 is 0 Å². The molecule has 0 aliphatic heterocycles. The van der Waals surface area contributed by atoms with Gasteiger partial charge in [-0.05, 0) is 36.8 Å². The van der Waals surface area contributed by atoms with Gasteiger partial charge in [-0.2, -0.15) is 31.4 Å². The summed E-state index contributed by atoms with van der Waals surface area (Å²) in [5.74, 6) is -1.75. The lowest BCUT2D eigenvalue weighted by Gasteiger charge is -2.16. The minimum atomic E-state index is -5.06. The highest BCUT2D eigenvalue weighted by Crippen LogP contribution is 2.35. The highest BCUT2D eigenvalue weighted by Gasteiger charge is 2.36. The zero-order valence-electron chi connectivity index (χ0n) is 17.3. The van der Waals surface area contributed by atoms with Crippen molar-refractivity contribution in [1.82, 2.24) is 14.5 Å². The minimum absolute atomic E-state index is 0.00119. The SMILES string of the molecule is CS(=O)(=O)NCCCn1nc(-c2cccc(C(F)(F)F)c2F)c(=O)c2ccc(C(F)(F)F)cc21. The van der Waals surface area contributed by atoms with Crippen LogP contribution in [0.5, 0.6) is 0 Å². The van der Waals surface area contributed by atoms with Crippen molar-refractivity contribution in [2.75, 3.05) is 12.8 Å². The van der Waals surface area contributed by atoms with Crippen LogP contribution in [0.1, 0.15) is 17.5 Å². The molecule has 3 rings (SSSR count). The quantitative estimate of drug-likeness (QED) is 0.398. The molecule has 3 aromatic rings. The van der Waals surface area contributed by atoms with Crippen LogP contribution >= 0.6 is 0 Å². The van der Waals surface area contributed by atoms with E-state index in [1.165, 1.54) is 0 Å². The lowest BCUT2D eigenvalue weighted by molar-refractivity contribution is -0.140. The zero-order valence-corrected chi connectivity index (χ0v) is 18.1. The molecule has 0 atom stereocenters. The van der Waals surface area contributed by atoms with Crippen LogP contribution in [0.2, 0.25) is 0 Å². The van der Waals surface area contributed by atoms with Gasteiger partial charge in [0.2, 0.25) is 15.5 Å². The number of nitrogens with one attached hydrogen (secondary N) is 1. The Kier molecular flexibility index (Phi) is 6.77. The smallest absolute Gasteiger partial charge is 0.287 e. The molecule has 0 aliphatic carbocycles. The molecule has 14 heteroatoms. The fourth-order valence-corrected chi connectivity index (χ4v) is 3.74. The molecule has 2 aromatic carbocycles. The largest absolute Gasteiger partial charge is 0.419 e. The van der Waals surface area contributed by atoms with Crippen molar-refractivity contribution in [3.8, 4) is 11.3 Å². The molecule has 1 aromatic heterocycles. The van der Waals surface area contributed by atoms with Gasteiger partial charge in [-0.3, -0.25) is 9.48 Å². The van der Waals surface area contributed by atoms with Crippen LogP contribution in [0.4, 0.5) is 30.7 Å². The summed E-state index contributed by atoms with van der Waals surface area (Å²) in [6.45, 7) is -0.367. The zero-order chi connectivity index (χ0) is 25.5. The number of aryl methyl sites for hydroxylation is 1. The van der Waals surface area contributed by atoms with Crippen molar-refractivity contribution >= 4 is 20.9 Å². The first-order valence-corrected chi connectivity index (χ1v) is 11.4. The predicted molar refractivity (Wildman–Crippen MR) is 109 cm³/mol. The number of nitrogens with zero attached hydrogens (tertiary/aromatic N) is 2. The maximum Gasteiger partial charge on any atom is 0.419 e. The third-order valence-corrected chi connectivity index (χ3v) is 5.48. The van der Waals surface area contributed by atoms with E-state index in [4.69, 9.17) is 0 Å². The Balaban J connectivity index is 2.21. The maximum atomic E-state index is 14.7. The summed E-state index contributed by atoms with van der Waals surface area (Å²) in [6, 6.07) is 4.35. The molecule has 1 heterocycles. The number of benzene rings is 2. The normalized spacial score (nSPS) is 12.9. The van der Waals surface area contributed by atoms with Gasteiger partial charge in [-0.15, -0.1) is 0 Å². The van der Waals surface area contributed by atoms with Gasteiger partial charge < -0.3 is 0 Å². The molecule has 0 saturated heterocycles. The number of fused-ring (bicyclic) bond motifs is 1. The van der Waals surface area contributed by atoms with Crippen LogP contribution < -0.4 is 10.2 Å². The second-order valence-corrected chi connectivity index (χ2v) is 9.15. The van der Waals surface area contributed by atoms with Gasteiger partial charge in [0, 0.05) is 24.0 Å². The van der Waals surface area contributed by atoms with Gasteiger partial charge in [0.1, 0.15) is 11.5 Å². The maximum absolute atomic E-state index is 14.7. The van der Waals surface area contributed by atoms with E-state index in [2.05, 4.69) is 9.82 Å². The van der Waals surface area contributed by atoms with E-state index in [1.54, 1.807) is 0 Å². The van der Waals surface area contributed by atoms with Crippen LogP contribution in [-0.2, 0) is 28.9 Å². The summed E-state index contributed by atoms with van der Waals surface area (Å²) in [5.41, 5.74) is -5.61. The Hall–Kier alpha value is -3.00. The van der Waals surface area contributed by atoms with Crippen LogP contribution in [0.25, 0.3) is 22.2 Å². The van der Waals surface area contributed by atoms with Crippen molar-refractivity contribution in [2.24, 2.45) is 0 Å². The molecule has 0 aliphatic rings. The first-order valence-electron chi connectivity index (χ1n) is 9.52. The van der Waals surface area contributed by atoms with E-state index in [-0.39, 0.29) is 30.4 Å². The molecule has 0 spiro atoms. The fraction of sp³-hybridized carbons (Fsp3) is 0.300. The second-order valence-electron chi connectivity index (χ2n) is 7.32. The molecule has 6 nitrogen and oxygen atoms in total. The van der Waals surface area contributed by atoms with Crippen LogP contribution in [0, 0.1) is 5.82 Å². The molecule has 0 radical (unpaired) electrons. The highest BCUT2D eigenvalue weighted by atomic mass is 32.2. The number of hydrogen-bond donors (Lipinski definition) is 1. The number of sulfonamides is 1. The van der Waals surface area contributed by atoms with Gasteiger partial charge in [0.05, 0.1) is 22.9 Å². The number of alkyl halides is 6. The second kappa shape index (κ2) is 8.98. The Morgan fingerprint density at radius 2 is 1.71 bits per heavy atom. The molecule has 34 heavy (non-hydrogen) atoms. The van der Waals surface area contributed by atoms with E-state index in [0.717, 1.165) is 29.1 Å². The van der Waals surface area contributed by atoms with Crippen LogP contribution in [0.3, 0.4) is 0 Å². The van der Waals surface area contributed by atoms with E-state index in [0.29, 0.717) is 18.2 Å². The topological polar surface area (TPSA) is 81.1 Å². The van der Waals surface area contributed by atoms with Crippen molar-refractivity contribution < 1.29 is 39.2 Å². The molecule has 0 unspecified atom stereocenters. The lowest BCUT2D eigenvalue weighted by Crippen LogP contribution is -2.25. The number of rotatable bonds is 6. The first-order chi connectivity index (χ1) is 15.6. The Morgan fingerprint density at radius 1 is 1.03 bits per heavy atom. The summed E-state index contributed by atoms with van der Waals surface area (Å²) in [7, 11) is -3.56. The predicted octanol–water partition coefficient (Wildman–Crippen LogP) is 4.18. The van der Waals surface area contributed by atoms with Gasteiger partial charge in [-0.25, -0.2) is 17.5 Å². The first kappa shape index (κ1) is 25.6. The Bertz CT molecular complexity index is 1400. The van der Waals surface area contributed by atoms with Gasteiger partial charge in [0.25, 0.3) is 0 Å². The van der Waals surface area contributed by atoms with Crippen LogP contribution in [0.15, 0.2) is 41.2 Å².